The molecule has 1 aliphatic heterocycles. The Morgan fingerprint density at radius 1 is 1.04 bits per heavy atom. The Morgan fingerprint density at radius 3 is 2.39 bits per heavy atom. The highest BCUT2D eigenvalue weighted by atomic mass is 32.2. The standard InChI is InChI=1S/C20H21N3O4S/c1-14-21-20(27-22-14)17-13-23(12-16(17)15-8-4-3-5-9-15)28(24,25)19-11-7-6-10-18(19)26-2/h3-11,16-17H,12-13H2,1-2H3/t16-,17-/m1/s1. The van der Waals surface area contributed by atoms with Gasteiger partial charge in [-0.15, -0.1) is 0 Å². The lowest BCUT2D eigenvalue weighted by Crippen LogP contribution is -2.29. The predicted molar refractivity (Wildman–Crippen MR) is 103 cm³/mol. The van der Waals surface area contributed by atoms with Gasteiger partial charge < -0.3 is 9.26 Å². The monoisotopic (exact) mass is 399 g/mol. The van der Waals surface area contributed by atoms with Crippen LogP contribution in [0.4, 0.5) is 0 Å². The Bertz CT molecular complexity index is 1070. The number of aromatic nitrogens is 2. The Morgan fingerprint density at radius 2 is 1.71 bits per heavy atom. The Labute approximate surface area is 164 Å². The van der Waals surface area contributed by atoms with Crippen molar-refractivity contribution in [2.45, 2.75) is 23.7 Å². The zero-order valence-electron chi connectivity index (χ0n) is 15.6. The second-order valence-electron chi connectivity index (χ2n) is 6.78. The highest BCUT2D eigenvalue weighted by molar-refractivity contribution is 7.89. The number of hydrogen-bond acceptors (Lipinski definition) is 6. The molecule has 2 aromatic carbocycles. The molecule has 1 fully saturated rings. The quantitative estimate of drug-likeness (QED) is 0.656. The summed E-state index contributed by atoms with van der Waals surface area (Å²) in [4.78, 5) is 4.53. The summed E-state index contributed by atoms with van der Waals surface area (Å²) >= 11 is 0. The normalized spacial score (nSPS) is 20.4. The van der Waals surface area contributed by atoms with Gasteiger partial charge in [0.2, 0.25) is 15.9 Å². The molecule has 0 spiro atoms. The van der Waals surface area contributed by atoms with Crippen molar-refractivity contribution in [3.05, 3.63) is 71.9 Å². The SMILES string of the molecule is COc1ccccc1S(=O)(=O)N1C[C@H](c2ccccc2)[C@H](c2nc(C)no2)C1. The molecule has 0 amide bonds. The highest BCUT2D eigenvalue weighted by Gasteiger charge is 2.43. The van der Waals surface area contributed by atoms with Crippen molar-refractivity contribution in [2.24, 2.45) is 0 Å². The van der Waals surface area contributed by atoms with Crippen LogP contribution in [0.1, 0.15) is 29.1 Å². The van der Waals surface area contributed by atoms with Crippen molar-refractivity contribution in [2.75, 3.05) is 20.2 Å². The summed E-state index contributed by atoms with van der Waals surface area (Å²) < 4.78 is 38.9. The molecular weight excluding hydrogens is 378 g/mol. The molecular formula is C20H21N3O4S. The molecule has 2 atom stereocenters. The number of para-hydroxylation sites is 1. The van der Waals surface area contributed by atoms with E-state index in [1.54, 1.807) is 31.2 Å². The van der Waals surface area contributed by atoms with Gasteiger partial charge in [-0.1, -0.05) is 47.6 Å². The van der Waals surface area contributed by atoms with Crippen molar-refractivity contribution >= 4 is 10.0 Å². The van der Waals surface area contributed by atoms with E-state index < -0.39 is 10.0 Å². The van der Waals surface area contributed by atoms with Crippen LogP contribution in [0.2, 0.25) is 0 Å². The van der Waals surface area contributed by atoms with E-state index in [9.17, 15) is 8.42 Å². The third kappa shape index (κ3) is 3.29. The Balaban J connectivity index is 1.73. The molecule has 0 aliphatic carbocycles. The van der Waals surface area contributed by atoms with Crippen LogP contribution in [-0.2, 0) is 10.0 Å². The number of aryl methyl sites for hydroxylation is 1. The van der Waals surface area contributed by atoms with E-state index in [2.05, 4.69) is 10.1 Å². The van der Waals surface area contributed by atoms with Crippen molar-refractivity contribution in [1.82, 2.24) is 14.4 Å². The second-order valence-corrected chi connectivity index (χ2v) is 8.68. The molecule has 2 heterocycles. The molecule has 1 aliphatic rings. The molecule has 8 heteroatoms. The second kappa shape index (κ2) is 7.37. The molecule has 0 unspecified atom stereocenters. The molecule has 146 valence electrons. The number of sulfonamides is 1. The van der Waals surface area contributed by atoms with E-state index in [1.165, 1.54) is 11.4 Å². The first kappa shape index (κ1) is 18.6. The summed E-state index contributed by atoms with van der Waals surface area (Å²) in [5, 5.41) is 3.89. The van der Waals surface area contributed by atoms with Crippen molar-refractivity contribution in [3.8, 4) is 5.75 Å². The summed E-state index contributed by atoms with van der Waals surface area (Å²) in [7, 11) is -2.27. The van der Waals surface area contributed by atoms with Gasteiger partial charge in [0, 0.05) is 19.0 Å². The lowest BCUT2D eigenvalue weighted by molar-refractivity contribution is 0.345. The maximum absolute atomic E-state index is 13.4. The van der Waals surface area contributed by atoms with E-state index in [-0.39, 0.29) is 23.3 Å². The van der Waals surface area contributed by atoms with Crippen LogP contribution in [-0.4, -0.2) is 43.1 Å². The van der Waals surface area contributed by atoms with Gasteiger partial charge in [-0.2, -0.15) is 9.29 Å². The third-order valence-corrected chi connectivity index (χ3v) is 6.93. The summed E-state index contributed by atoms with van der Waals surface area (Å²) in [5.41, 5.74) is 1.04. The molecule has 7 nitrogen and oxygen atoms in total. The van der Waals surface area contributed by atoms with Gasteiger partial charge in [0.05, 0.1) is 13.0 Å². The topological polar surface area (TPSA) is 85.5 Å². The van der Waals surface area contributed by atoms with E-state index >= 15 is 0 Å². The largest absolute Gasteiger partial charge is 0.495 e. The van der Waals surface area contributed by atoms with Crippen LogP contribution in [0.3, 0.4) is 0 Å². The fourth-order valence-corrected chi connectivity index (χ4v) is 5.33. The minimum atomic E-state index is -3.74. The lowest BCUT2D eigenvalue weighted by Gasteiger charge is -2.18. The van der Waals surface area contributed by atoms with E-state index in [0.717, 1.165) is 5.56 Å². The predicted octanol–water partition coefficient (Wildman–Crippen LogP) is 2.96. The van der Waals surface area contributed by atoms with Gasteiger partial charge in [-0.05, 0) is 24.6 Å². The number of nitrogens with zero attached hydrogens (tertiary/aromatic N) is 3. The van der Waals surface area contributed by atoms with Crippen LogP contribution < -0.4 is 4.74 Å². The van der Waals surface area contributed by atoms with Gasteiger partial charge in [-0.25, -0.2) is 8.42 Å². The summed E-state index contributed by atoms with van der Waals surface area (Å²) in [6.07, 6.45) is 0. The van der Waals surface area contributed by atoms with Crippen molar-refractivity contribution in [3.63, 3.8) is 0 Å². The number of benzene rings is 2. The van der Waals surface area contributed by atoms with Gasteiger partial charge >= 0.3 is 0 Å². The van der Waals surface area contributed by atoms with E-state index in [1.807, 2.05) is 30.3 Å². The summed E-state index contributed by atoms with van der Waals surface area (Å²) in [6.45, 7) is 2.35. The first-order chi connectivity index (χ1) is 13.5. The molecule has 1 saturated heterocycles. The molecule has 0 saturated carbocycles. The van der Waals surface area contributed by atoms with Crippen LogP contribution in [0.5, 0.6) is 5.75 Å². The average Bonchev–Trinajstić information content (AvgIpc) is 3.35. The highest BCUT2D eigenvalue weighted by Crippen LogP contribution is 2.42. The minimum absolute atomic E-state index is 0.0782. The number of hydrogen-bond donors (Lipinski definition) is 0. The van der Waals surface area contributed by atoms with Gasteiger partial charge in [-0.3, -0.25) is 0 Å². The lowest BCUT2D eigenvalue weighted by atomic mass is 9.89. The third-order valence-electron chi connectivity index (χ3n) is 5.06. The number of methoxy groups -OCH3 is 1. The molecule has 0 N–H and O–H groups in total. The zero-order valence-corrected chi connectivity index (χ0v) is 16.5. The van der Waals surface area contributed by atoms with Gasteiger partial charge in [0.15, 0.2) is 5.82 Å². The van der Waals surface area contributed by atoms with Crippen molar-refractivity contribution < 1.29 is 17.7 Å². The maximum Gasteiger partial charge on any atom is 0.246 e. The first-order valence-corrected chi connectivity index (χ1v) is 10.4. The van der Waals surface area contributed by atoms with Crippen LogP contribution in [0.15, 0.2) is 64.0 Å². The minimum Gasteiger partial charge on any atom is -0.495 e. The van der Waals surface area contributed by atoms with Crippen LogP contribution in [0, 0.1) is 6.92 Å². The van der Waals surface area contributed by atoms with E-state index in [0.29, 0.717) is 24.0 Å². The first-order valence-electron chi connectivity index (χ1n) is 8.99. The Hall–Kier alpha value is -2.71. The van der Waals surface area contributed by atoms with E-state index in [4.69, 9.17) is 9.26 Å². The summed E-state index contributed by atoms with van der Waals surface area (Å²) in [6, 6.07) is 16.5. The molecule has 0 radical (unpaired) electrons. The average molecular weight is 399 g/mol. The fraction of sp³-hybridized carbons (Fsp3) is 0.300. The number of rotatable bonds is 5. The molecule has 1 aromatic heterocycles. The molecule has 28 heavy (non-hydrogen) atoms. The zero-order chi connectivity index (χ0) is 19.7. The smallest absolute Gasteiger partial charge is 0.246 e. The molecule has 0 bridgehead atoms. The number of ether oxygens (including phenoxy) is 1. The van der Waals surface area contributed by atoms with Gasteiger partial charge in [0.25, 0.3) is 0 Å². The van der Waals surface area contributed by atoms with Crippen LogP contribution in [0.25, 0.3) is 0 Å². The molecule has 3 aromatic rings. The Kier molecular flexibility index (Phi) is 4.91. The van der Waals surface area contributed by atoms with Crippen molar-refractivity contribution in [1.29, 1.82) is 0 Å². The summed E-state index contributed by atoms with van der Waals surface area (Å²) in [5.74, 6) is 1.03. The molecule has 4 rings (SSSR count). The fourth-order valence-electron chi connectivity index (χ4n) is 3.69. The van der Waals surface area contributed by atoms with Gasteiger partial charge in [0.1, 0.15) is 10.6 Å². The van der Waals surface area contributed by atoms with Crippen LogP contribution >= 0.6 is 0 Å². The maximum atomic E-state index is 13.4.